The minimum atomic E-state index is -1.16. The summed E-state index contributed by atoms with van der Waals surface area (Å²) >= 11 is 1.40. The number of cyclic esters (lactones) is 1. The molecule has 60 heavy (non-hydrogen) atoms. The molecule has 1 aromatic carbocycles. The molecule has 15 nitrogen and oxygen atoms in total. The largest absolute Gasteiger partial charge is 0.464 e. The number of ether oxygens (including phenoxy) is 4. The molecule has 4 aromatic rings. The van der Waals surface area contributed by atoms with Crippen molar-refractivity contribution in [3.8, 4) is 22.5 Å². The summed E-state index contributed by atoms with van der Waals surface area (Å²) in [6.07, 6.45) is 1.36. The summed E-state index contributed by atoms with van der Waals surface area (Å²) < 4.78 is 25.2. The number of aromatic nitrogens is 3. The summed E-state index contributed by atoms with van der Waals surface area (Å²) in [5.41, 5.74) is 9.26. The molecule has 6 heterocycles. The van der Waals surface area contributed by atoms with Crippen LogP contribution in [0.3, 0.4) is 0 Å². The highest BCUT2D eigenvalue weighted by atomic mass is 32.1. The summed E-state index contributed by atoms with van der Waals surface area (Å²) in [6, 6.07) is 8.53. The number of carbonyl (C=O) groups excluding carboxylic acids is 4. The van der Waals surface area contributed by atoms with E-state index in [4.69, 9.17) is 28.9 Å². The van der Waals surface area contributed by atoms with E-state index in [0.717, 1.165) is 44.7 Å². The molecule has 2 saturated heterocycles. The Morgan fingerprint density at radius 3 is 2.63 bits per heavy atom. The van der Waals surface area contributed by atoms with Crippen LogP contribution in [0.2, 0.25) is 0 Å². The molecule has 3 aliphatic heterocycles. The van der Waals surface area contributed by atoms with Crippen molar-refractivity contribution >= 4 is 46.1 Å². The summed E-state index contributed by atoms with van der Waals surface area (Å²) in [5, 5.41) is 7.95. The highest BCUT2D eigenvalue weighted by Gasteiger charge is 2.39. The number of esters is 1. The van der Waals surface area contributed by atoms with Gasteiger partial charge in [-0.3, -0.25) is 24.4 Å². The van der Waals surface area contributed by atoms with Crippen molar-refractivity contribution in [2.75, 3.05) is 40.5 Å². The Kier molecular flexibility index (Phi) is 12.9. The van der Waals surface area contributed by atoms with Crippen molar-refractivity contribution in [3.63, 3.8) is 0 Å². The third kappa shape index (κ3) is 8.92. The first kappa shape index (κ1) is 43.2. The summed E-state index contributed by atoms with van der Waals surface area (Å²) in [4.78, 5) is 66.4. The topological polar surface area (TPSA) is 166 Å². The quantitative estimate of drug-likeness (QED) is 0.199. The van der Waals surface area contributed by atoms with E-state index in [0.29, 0.717) is 50.4 Å². The molecular formula is C44H57N7O8S. The molecular weight excluding hydrogens is 787 g/mol. The number of thiazole rings is 1. The van der Waals surface area contributed by atoms with E-state index in [9.17, 15) is 19.2 Å². The maximum Gasteiger partial charge on any atom is 0.410 e. The van der Waals surface area contributed by atoms with Crippen LogP contribution in [-0.4, -0.2) is 113 Å². The van der Waals surface area contributed by atoms with Gasteiger partial charge >= 0.3 is 12.1 Å². The fourth-order valence-electron chi connectivity index (χ4n) is 8.23. The van der Waals surface area contributed by atoms with Crippen molar-refractivity contribution in [1.82, 2.24) is 35.2 Å². The lowest BCUT2D eigenvalue weighted by Gasteiger charge is -2.38. The number of hydrogen-bond donors (Lipinski definition) is 2. The van der Waals surface area contributed by atoms with Crippen LogP contribution in [0.15, 0.2) is 41.9 Å². The van der Waals surface area contributed by atoms with Gasteiger partial charge in [-0.05, 0) is 68.9 Å². The number of amides is 3. The number of benzene rings is 1. The highest BCUT2D eigenvalue weighted by Crippen LogP contribution is 2.42. The van der Waals surface area contributed by atoms with Gasteiger partial charge in [0, 0.05) is 72.8 Å². The molecule has 2 fully saturated rings. The Bertz CT molecular complexity index is 2230. The molecule has 0 radical (unpaired) electrons. The van der Waals surface area contributed by atoms with Crippen LogP contribution in [-0.2, 0) is 52.7 Å². The number of methoxy groups -OCH3 is 2. The number of rotatable bonds is 9. The van der Waals surface area contributed by atoms with Crippen molar-refractivity contribution in [2.45, 2.75) is 104 Å². The van der Waals surface area contributed by atoms with Crippen LogP contribution in [0.5, 0.6) is 0 Å². The molecule has 322 valence electrons. The lowest BCUT2D eigenvalue weighted by atomic mass is 9.84. The fourth-order valence-corrected chi connectivity index (χ4v) is 9.08. The van der Waals surface area contributed by atoms with Gasteiger partial charge in [0.15, 0.2) is 6.10 Å². The predicted molar refractivity (Wildman–Crippen MR) is 227 cm³/mol. The second-order valence-corrected chi connectivity index (χ2v) is 18.0. The summed E-state index contributed by atoms with van der Waals surface area (Å²) in [5.74, 6) is -1.87. The highest BCUT2D eigenvalue weighted by molar-refractivity contribution is 7.10. The van der Waals surface area contributed by atoms with Gasteiger partial charge in [-0.15, -0.1) is 11.3 Å². The summed E-state index contributed by atoms with van der Waals surface area (Å²) in [7, 11) is 3.27. The monoisotopic (exact) mass is 843 g/mol. The number of nitrogens with zero attached hydrogens (tertiary/aromatic N) is 5. The van der Waals surface area contributed by atoms with Crippen LogP contribution in [0.25, 0.3) is 33.4 Å². The molecule has 3 amide bonds. The Morgan fingerprint density at radius 1 is 1.13 bits per heavy atom. The van der Waals surface area contributed by atoms with E-state index in [1.54, 1.807) is 34.3 Å². The number of carbonyl (C=O) groups is 4. The molecule has 0 saturated carbocycles. The molecule has 2 N–H and O–H groups in total. The van der Waals surface area contributed by atoms with Crippen molar-refractivity contribution < 1.29 is 38.1 Å². The Balaban J connectivity index is 1.28. The number of aryl methyl sites for hydroxylation is 1. The first-order valence-electron chi connectivity index (χ1n) is 20.8. The van der Waals surface area contributed by atoms with Crippen molar-refractivity contribution in [1.29, 1.82) is 0 Å². The van der Waals surface area contributed by atoms with E-state index in [1.807, 2.05) is 18.4 Å². The molecule has 0 aliphatic carbocycles. The number of hydrogen-bond acceptors (Lipinski definition) is 12. The minimum Gasteiger partial charge on any atom is -0.464 e. The maximum absolute atomic E-state index is 14.4. The molecule has 3 aliphatic rings. The van der Waals surface area contributed by atoms with Crippen molar-refractivity contribution in [2.24, 2.45) is 11.3 Å². The number of pyridine rings is 1. The molecule has 7 rings (SSSR count). The third-order valence-corrected chi connectivity index (χ3v) is 12.6. The number of nitrogens with one attached hydrogen (secondary N) is 2. The maximum atomic E-state index is 14.4. The standard InChI is InChI=1S/C44H57N7O8S/c1-9-50-35-15-14-27-18-30(35)31(38(50)29-12-10-16-45-37(29)26(4)56-7)20-44(5,6)24-58-42(54)32-13-11-17-51(48-32)41(53)33(19-36-46-34(27)23-60-36)47-40(52)39(25(2)3)59-43(55)49-21-28(22-49)57-8/h10,12,14-16,18,23,25-26,28,32-33,39,48H,9,11,13,17,19-22,24H2,1-8H3,(H,47,52)/t26-,32-,33-,39?/m0/s1. The van der Waals surface area contributed by atoms with Crippen molar-refractivity contribution in [3.05, 3.63) is 58.2 Å². The van der Waals surface area contributed by atoms with Gasteiger partial charge in [0.25, 0.3) is 11.8 Å². The zero-order valence-corrected chi connectivity index (χ0v) is 36.6. The van der Waals surface area contributed by atoms with E-state index in [-0.39, 0.29) is 31.2 Å². The van der Waals surface area contributed by atoms with Gasteiger partial charge in [-0.25, -0.2) is 15.2 Å². The third-order valence-electron chi connectivity index (χ3n) is 11.7. The molecule has 0 spiro atoms. The van der Waals surface area contributed by atoms with E-state index in [1.165, 1.54) is 21.2 Å². The van der Waals surface area contributed by atoms with Crippen LogP contribution >= 0.6 is 11.3 Å². The average molecular weight is 844 g/mol. The van der Waals surface area contributed by atoms with Gasteiger partial charge in [-0.1, -0.05) is 33.8 Å². The van der Waals surface area contributed by atoms with Crippen LogP contribution in [0.1, 0.15) is 76.8 Å². The Morgan fingerprint density at radius 2 is 1.92 bits per heavy atom. The van der Waals surface area contributed by atoms with E-state index < -0.39 is 47.5 Å². The molecule has 6 bridgehead atoms. The van der Waals surface area contributed by atoms with Gasteiger partial charge in [0.1, 0.15) is 12.1 Å². The van der Waals surface area contributed by atoms with Crippen LogP contribution in [0.4, 0.5) is 4.79 Å². The first-order chi connectivity index (χ1) is 28.7. The Hall–Kier alpha value is -4.90. The smallest absolute Gasteiger partial charge is 0.410 e. The second-order valence-electron chi connectivity index (χ2n) is 17.1. The first-order valence-corrected chi connectivity index (χ1v) is 21.7. The van der Waals surface area contributed by atoms with Crippen LogP contribution < -0.4 is 10.7 Å². The summed E-state index contributed by atoms with van der Waals surface area (Å²) in [6.45, 7) is 13.8. The Labute approximate surface area is 355 Å². The molecule has 4 atom stereocenters. The zero-order chi connectivity index (χ0) is 42.9. The number of likely N-dealkylation sites (tertiary alicyclic amines) is 1. The molecule has 1 unspecified atom stereocenters. The van der Waals surface area contributed by atoms with E-state index in [2.05, 4.69) is 60.3 Å². The second kappa shape index (κ2) is 18.0. The zero-order valence-electron chi connectivity index (χ0n) is 35.8. The number of hydrazine groups is 1. The number of fused-ring (bicyclic) bond motifs is 6. The van der Waals surface area contributed by atoms with Gasteiger partial charge < -0.3 is 33.7 Å². The van der Waals surface area contributed by atoms with Gasteiger partial charge in [0.05, 0.1) is 54.0 Å². The lowest BCUT2D eigenvalue weighted by molar-refractivity contribution is -0.155. The SMILES string of the molecule is CCn1c(-c2cccnc2[C@H](C)OC)c2c3cc(ccc31)-c1csc(n1)C[C@H](NC(=O)C(OC(=O)N1CC(OC)C1)C(C)C)C(=O)N1CCC[C@H](N1)C(=O)OCC(C)(C)C2. The van der Waals surface area contributed by atoms with E-state index >= 15 is 0 Å². The fraction of sp³-hybridized carbons (Fsp3) is 0.545. The normalized spacial score (nSPS) is 20.9. The van der Waals surface area contributed by atoms with Crippen LogP contribution in [0, 0.1) is 11.3 Å². The van der Waals surface area contributed by atoms with Gasteiger partial charge in [-0.2, -0.15) is 0 Å². The minimum absolute atomic E-state index is 0.0719. The lowest BCUT2D eigenvalue weighted by Crippen LogP contribution is -2.61. The average Bonchev–Trinajstić information content (AvgIpc) is 3.81. The predicted octanol–water partition coefficient (Wildman–Crippen LogP) is 5.69. The molecule has 3 aromatic heterocycles. The molecule has 16 heteroatoms. The van der Waals surface area contributed by atoms with Gasteiger partial charge in [0.2, 0.25) is 0 Å².